The first-order chi connectivity index (χ1) is 43.8. The molecule has 0 aromatic heterocycles. The van der Waals surface area contributed by atoms with Crippen LogP contribution in [0.3, 0.4) is 0 Å². The number of allylic oxidation sites excluding steroid dienone is 7. The molecule has 1 amide bonds. The molecule has 3 saturated heterocycles. The van der Waals surface area contributed by atoms with Crippen molar-refractivity contribution in [3.05, 3.63) is 48.6 Å². The van der Waals surface area contributed by atoms with E-state index >= 15 is 0 Å². The highest BCUT2D eigenvalue weighted by atomic mass is 16.8. The first-order valence-corrected chi connectivity index (χ1v) is 35.9. The van der Waals surface area contributed by atoms with Crippen LogP contribution in [0.25, 0.3) is 0 Å². The van der Waals surface area contributed by atoms with Gasteiger partial charge in [-0.3, -0.25) is 4.79 Å². The van der Waals surface area contributed by atoms with Crippen LogP contribution in [-0.2, 0) is 33.2 Å². The number of unbranched alkanes of at least 4 members (excludes halogenated alkanes) is 33. The molecule has 3 aliphatic rings. The Morgan fingerprint density at radius 3 is 1.18 bits per heavy atom. The summed E-state index contributed by atoms with van der Waals surface area (Å²) < 4.78 is 34.4. The molecule has 17 atom stereocenters. The number of hydrogen-bond acceptors (Lipinski definition) is 18. The zero-order chi connectivity index (χ0) is 65.4. The molecule has 3 aliphatic heterocycles. The van der Waals surface area contributed by atoms with Gasteiger partial charge in [-0.25, -0.2) is 0 Å². The second-order valence-electron chi connectivity index (χ2n) is 25.7. The van der Waals surface area contributed by atoms with Crippen LogP contribution in [0.15, 0.2) is 48.6 Å². The van der Waals surface area contributed by atoms with Crippen LogP contribution >= 0.6 is 0 Å². The molecule has 3 heterocycles. The van der Waals surface area contributed by atoms with Gasteiger partial charge in [0.1, 0.15) is 73.2 Å². The van der Waals surface area contributed by atoms with E-state index in [-0.39, 0.29) is 18.9 Å². The molecule has 0 saturated carbocycles. The van der Waals surface area contributed by atoms with E-state index in [0.717, 1.165) is 44.9 Å². The number of nitrogens with one attached hydrogen (secondary N) is 1. The summed E-state index contributed by atoms with van der Waals surface area (Å²) in [4.78, 5) is 13.4. The molecule has 19 nitrogen and oxygen atoms in total. The molecule has 17 unspecified atom stereocenters. The summed E-state index contributed by atoms with van der Waals surface area (Å²) in [5, 5.41) is 121. The van der Waals surface area contributed by atoms with Crippen molar-refractivity contribution in [2.24, 2.45) is 0 Å². The molecule has 0 aromatic carbocycles. The van der Waals surface area contributed by atoms with Gasteiger partial charge in [-0.2, -0.15) is 0 Å². The summed E-state index contributed by atoms with van der Waals surface area (Å²) in [6, 6.07) is -0.992. The van der Waals surface area contributed by atoms with Gasteiger partial charge in [0.25, 0.3) is 0 Å². The van der Waals surface area contributed by atoms with Crippen LogP contribution in [-0.4, -0.2) is 193 Å². The summed E-state index contributed by atoms with van der Waals surface area (Å²) in [6.45, 7) is 1.72. The largest absolute Gasteiger partial charge is 0.394 e. The quantitative estimate of drug-likeness (QED) is 0.0199. The van der Waals surface area contributed by atoms with Crippen LogP contribution in [0.2, 0.25) is 0 Å². The highest BCUT2D eigenvalue weighted by Gasteiger charge is 2.53. The Morgan fingerprint density at radius 1 is 0.400 bits per heavy atom. The Morgan fingerprint density at radius 2 is 0.744 bits per heavy atom. The summed E-state index contributed by atoms with van der Waals surface area (Å²) in [6.07, 6.45) is 36.6. The standard InChI is InChI=1S/C71H129NO18/c1-3-5-7-9-11-13-15-17-19-21-23-25-26-27-28-29-31-33-35-37-39-41-43-45-47-49-59(77)72-54(55(76)48-46-44-42-40-38-36-34-32-30-24-22-20-18-16-14-12-10-8-6-4-2)53-85-69-65(83)62(80)67(57(51-74)87-69)90-71-66(84)63(81)68(58(52-75)88-71)89-70-64(82)61(79)60(78)56(50-73)86-70/h15,17,21,23,38,40,46,48,54-58,60-71,73-76,78-84H,3-14,16,18-20,22,24-37,39,41-45,47,49-53H2,1-2H3,(H,72,77)/b17-15-,23-21-,40-38+,48-46+. The maximum absolute atomic E-state index is 13.4. The van der Waals surface area contributed by atoms with Gasteiger partial charge in [-0.05, 0) is 64.2 Å². The fourth-order valence-corrected chi connectivity index (χ4v) is 12.0. The lowest BCUT2D eigenvalue weighted by Gasteiger charge is -2.48. The first kappa shape index (κ1) is 82.0. The van der Waals surface area contributed by atoms with E-state index in [1.165, 1.54) is 186 Å². The van der Waals surface area contributed by atoms with Gasteiger partial charge >= 0.3 is 0 Å². The van der Waals surface area contributed by atoms with Crippen molar-refractivity contribution in [3.63, 3.8) is 0 Å². The predicted molar refractivity (Wildman–Crippen MR) is 351 cm³/mol. The Balaban J connectivity index is 1.44. The molecule has 12 N–H and O–H groups in total. The minimum Gasteiger partial charge on any atom is -0.394 e. The zero-order valence-electron chi connectivity index (χ0n) is 55.6. The minimum atomic E-state index is -1.98. The second kappa shape index (κ2) is 53.0. The highest BCUT2D eigenvalue weighted by molar-refractivity contribution is 5.76. The van der Waals surface area contributed by atoms with E-state index in [1.54, 1.807) is 6.08 Å². The van der Waals surface area contributed by atoms with E-state index in [9.17, 15) is 61.0 Å². The normalized spacial score (nSPS) is 28.3. The maximum Gasteiger partial charge on any atom is 0.220 e. The Labute approximate surface area is 542 Å². The van der Waals surface area contributed by atoms with Gasteiger partial charge < -0.3 is 89.9 Å². The van der Waals surface area contributed by atoms with Gasteiger partial charge in [0.2, 0.25) is 5.91 Å². The minimum absolute atomic E-state index is 0.235. The number of hydrogen-bond donors (Lipinski definition) is 12. The molecule has 19 heteroatoms. The van der Waals surface area contributed by atoms with E-state index in [1.807, 2.05) is 6.08 Å². The van der Waals surface area contributed by atoms with Crippen LogP contribution in [0.1, 0.15) is 264 Å². The zero-order valence-corrected chi connectivity index (χ0v) is 55.6. The van der Waals surface area contributed by atoms with Gasteiger partial charge in [-0.15, -0.1) is 0 Å². The van der Waals surface area contributed by atoms with Gasteiger partial charge in [0.15, 0.2) is 18.9 Å². The van der Waals surface area contributed by atoms with Crippen molar-refractivity contribution >= 4 is 5.91 Å². The van der Waals surface area contributed by atoms with Crippen molar-refractivity contribution in [2.45, 2.75) is 369 Å². The maximum atomic E-state index is 13.4. The third kappa shape index (κ3) is 34.4. The lowest BCUT2D eigenvalue weighted by Crippen LogP contribution is -2.66. The smallest absolute Gasteiger partial charge is 0.220 e. The predicted octanol–water partition coefficient (Wildman–Crippen LogP) is 9.78. The second-order valence-corrected chi connectivity index (χ2v) is 25.7. The van der Waals surface area contributed by atoms with Crippen molar-refractivity contribution in [1.29, 1.82) is 0 Å². The average Bonchev–Trinajstić information content (AvgIpc) is 0.847. The molecular weight excluding hydrogens is 1150 g/mol. The van der Waals surface area contributed by atoms with Crippen molar-refractivity contribution in [1.82, 2.24) is 5.32 Å². The number of rotatable bonds is 55. The molecule has 0 aliphatic carbocycles. The van der Waals surface area contributed by atoms with Crippen LogP contribution < -0.4 is 5.32 Å². The summed E-state index contributed by atoms with van der Waals surface area (Å²) in [7, 11) is 0. The molecule has 3 fully saturated rings. The SMILES string of the molecule is CCCCCCC/C=C\C/C=C\CCCCCCCCCCCCCCCC(=O)NC(COC1OC(CO)C(OC2OC(CO)C(OC3OC(CO)C(O)C(O)C3O)C(O)C2O)C(O)C1O)C(O)/C=C/CC/C=C/CCCCCCCCCCCCCCCC. The Bertz CT molecular complexity index is 1820. The third-order valence-electron chi connectivity index (χ3n) is 17.8. The topological polar surface area (TPSA) is 307 Å². The van der Waals surface area contributed by atoms with Crippen LogP contribution in [0, 0.1) is 0 Å². The van der Waals surface area contributed by atoms with Gasteiger partial charge in [-0.1, -0.05) is 242 Å². The molecular formula is C71H129NO18. The monoisotopic (exact) mass is 1280 g/mol. The van der Waals surface area contributed by atoms with E-state index in [0.29, 0.717) is 12.8 Å². The van der Waals surface area contributed by atoms with E-state index in [2.05, 4.69) is 55.6 Å². The Kier molecular flexibility index (Phi) is 48.2. The van der Waals surface area contributed by atoms with Gasteiger partial charge in [0, 0.05) is 6.42 Å². The summed E-state index contributed by atoms with van der Waals surface area (Å²) in [5.74, 6) is -0.285. The van der Waals surface area contributed by atoms with Crippen molar-refractivity contribution < 1.29 is 89.4 Å². The molecule has 526 valence electrons. The molecule has 3 rings (SSSR count). The van der Waals surface area contributed by atoms with E-state index in [4.69, 9.17) is 28.4 Å². The molecule has 0 spiro atoms. The van der Waals surface area contributed by atoms with Crippen molar-refractivity contribution in [2.75, 3.05) is 26.4 Å². The number of aliphatic hydroxyl groups is 11. The lowest BCUT2D eigenvalue weighted by molar-refractivity contribution is -0.379. The summed E-state index contributed by atoms with van der Waals surface area (Å²) in [5.41, 5.74) is 0. The van der Waals surface area contributed by atoms with Crippen LogP contribution in [0.4, 0.5) is 0 Å². The van der Waals surface area contributed by atoms with Crippen LogP contribution in [0.5, 0.6) is 0 Å². The molecule has 0 aromatic rings. The third-order valence-corrected chi connectivity index (χ3v) is 17.8. The number of aliphatic hydroxyl groups excluding tert-OH is 11. The number of carbonyl (C=O) groups excluding carboxylic acids is 1. The van der Waals surface area contributed by atoms with Crippen molar-refractivity contribution in [3.8, 4) is 0 Å². The lowest BCUT2D eigenvalue weighted by atomic mass is 9.96. The van der Waals surface area contributed by atoms with Gasteiger partial charge in [0.05, 0.1) is 38.6 Å². The molecule has 90 heavy (non-hydrogen) atoms. The average molecular weight is 1280 g/mol. The fourth-order valence-electron chi connectivity index (χ4n) is 12.0. The van der Waals surface area contributed by atoms with E-state index < -0.39 is 124 Å². The molecule has 0 bridgehead atoms. The summed E-state index contributed by atoms with van der Waals surface area (Å²) >= 11 is 0. The number of amides is 1. The first-order valence-electron chi connectivity index (χ1n) is 35.9. The number of ether oxygens (including phenoxy) is 6. The number of carbonyl (C=O) groups is 1. The highest BCUT2D eigenvalue weighted by Crippen LogP contribution is 2.33. The fraction of sp³-hybridized carbons (Fsp3) is 0.873. The Hall–Kier alpha value is -2.25. The molecule has 0 radical (unpaired) electrons.